The molecule has 4 rings (SSSR count). The highest BCUT2D eigenvalue weighted by Gasteiger charge is 2.50. The van der Waals surface area contributed by atoms with Crippen LogP contribution in [0.3, 0.4) is 0 Å². The Kier molecular flexibility index (Phi) is 4.01. The number of hydrogen-bond acceptors (Lipinski definition) is 4. The number of aromatic nitrogens is 3. The van der Waals surface area contributed by atoms with E-state index in [2.05, 4.69) is 10.3 Å². The van der Waals surface area contributed by atoms with E-state index in [-0.39, 0.29) is 23.4 Å². The van der Waals surface area contributed by atoms with Crippen molar-refractivity contribution in [3.05, 3.63) is 41.2 Å². The Morgan fingerprint density at radius 1 is 1.23 bits per heavy atom. The Balaban J connectivity index is 1.66. The van der Waals surface area contributed by atoms with Gasteiger partial charge in [0.2, 0.25) is 0 Å². The number of fused-ring (bicyclic) bond motifs is 1. The molecule has 26 heavy (non-hydrogen) atoms. The van der Waals surface area contributed by atoms with Crippen LogP contribution in [0, 0.1) is 25.7 Å². The van der Waals surface area contributed by atoms with Crippen molar-refractivity contribution in [2.24, 2.45) is 11.8 Å². The zero-order valence-electron chi connectivity index (χ0n) is 14.9. The average molecular weight is 354 g/mol. The highest BCUT2D eigenvalue weighted by atomic mass is 16.4. The topological polar surface area (TPSA) is 88.3 Å². The fourth-order valence-corrected chi connectivity index (χ4v) is 4.50. The van der Waals surface area contributed by atoms with Crippen molar-refractivity contribution in [3.8, 4) is 5.69 Å². The molecule has 1 saturated heterocycles. The second kappa shape index (κ2) is 6.23. The fraction of sp³-hybridized carbons (Fsp3) is 0.474. The van der Waals surface area contributed by atoms with E-state index in [0.29, 0.717) is 12.2 Å². The summed E-state index contributed by atoms with van der Waals surface area (Å²) < 4.78 is 1.63. The smallest absolute Gasteiger partial charge is 0.326 e. The van der Waals surface area contributed by atoms with Gasteiger partial charge >= 0.3 is 5.97 Å². The number of aryl methyl sites for hydroxylation is 1. The van der Waals surface area contributed by atoms with Crippen LogP contribution in [0.15, 0.2) is 24.3 Å². The summed E-state index contributed by atoms with van der Waals surface area (Å²) in [5.41, 5.74) is 2.78. The molecule has 1 aromatic heterocycles. The number of benzene rings is 1. The molecule has 0 radical (unpaired) electrons. The maximum atomic E-state index is 13.1. The van der Waals surface area contributed by atoms with Gasteiger partial charge in [-0.2, -0.15) is 0 Å². The monoisotopic (exact) mass is 354 g/mol. The molecular weight excluding hydrogens is 332 g/mol. The molecule has 2 heterocycles. The summed E-state index contributed by atoms with van der Waals surface area (Å²) in [7, 11) is 0. The van der Waals surface area contributed by atoms with E-state index in [9.17, 15) is 14.7 Å². The highest BCUT2D eigenvalue weighted by molar-refractivity contribution is 5.96. The Hall–Kier alpha value is -2.70. The van der Waals surface area contributed by atoms with Gasteiger partial charge in [-0.05, 0) is 56.2 Å². The number of likely N-dealkylation sites (tertiary alicyclic amines) is 1. The van der Waals surface area contributed by atoms with Crippen molar-refractivity contribution in [1.82, 2.24) is 19.9 Å². The molecule has 1 N–H and O–H groups in total. The number of rotatable bonds is 3. The highest BCUT2D eigenvalue weighted by Crippen LogP contribution is 2.42. The molecule has 1 aliphatic carbocycles. The van der Waals surface area contributed by atoms with Crippen LogP contribution in [0.25, 0.3) is 5.69 Å². The summed E-state index contributed by atoms with van der Waals surface area (Å²) in [5, 5.41) is 17.9. The largest absolute Gasteiger partial charge is 0.480 e. The van der Waals surface area contributed by atoms with E-state index in [1.54, 1.807) is 11.6 Å². The lowest BCUT2D eigenvalue weighted by Gasteiger charge is -2.23. The Labute approximate surface area is 151 Å². The summed E-state index contributed by atoms with van der Waals surface area (Å²) in [5.74, 6) is -0.907. The first-order valence-electron chi connectivity index (χ1n) is 9.00. The third kappa shape index (κ3) is 2.58. The fourth-order valence-electron chi connectivity index (χ4n) is 4.50. The lowest BCUT2D eigenvalue weighted by atomic mass is 9.94. The maximum absolute atomic E-state index is 13.1. The lowest BCUT2D eigenvalue weighted by molar-refractivity contribution is -0.142. The summed E-state index contributed by atoms with van der Waals surface area (Å²) in [6.07, 6.45) is 2.91. The number of carboxylic acid groups (broad SMARTS) is 1. The zero-order chi connectivity index (χ0) is 18.4. The summed E-state index contributed by atoms with van der Waals surface area (Å²) in [6.45, 7) is 4.28. The average Bonchev–Trinajstić information content (AvgIpc) is 3.27. The van der Waals surface area contributed by atoms with Crippen molar-refractivity contribution in [2.75, 3.05) is 6.54 Å². The first-order chi connectivity index (χ1) is 12.5. The Morgan fingerprint density at radius 3 is 2.77 bits per heavy atom. The normalized spacial score (nSPS) is 24.7. The molecule has 1 amide bonds. The van der Waals surface area contributed by atoms with E-state index >= 15 is 0 Å². The number of amides is 1. The van der Waals surface area contributed by atoms with Crippen molar-refractivity contribution < 1.29 is 14.7 Å². The molecule has 2 fully saturated rings. The second-order valence-corrected chi connectivity index (χ2v) is 7.37. The van der Waals surface area contributed by atoms with Gasteiger partial charge in [0.1, 0.15) is 6.04 Å². The van der Waals surface area contributed by atoms with Gasteiger partial charge in [-0.3, -0.25) is 4.79 Å². The number of aliphatic carboxylic acids is 1. The molecule has 0 spiro atoms. The number of carboxylic acids is 1. The predicted octanol–water partition coefficient (Wildman–Crippen LogP) is 2.21. The molecule has 0 bridgehead atoms. The summed E-state index contributed by atoms with van der Waals surface area (Å²) >= 11 is 0. The summed E-state index contributed by atoms with van der Waals surface area (Å²) in [6, 6.07) is 7.04. The summed E-state index contributed by atoms with van der Waals surface area (Å²) in [4.78, 5) is 26.4. The van der Waals surface area contributed by atoms with Gasteiger partial charge in [-0.1, -0.05) is 23.8 Å². The second-order valence-electron chi connectivity index (χ2n) is 7.37. The first-order valence-corrected chi connectivity index (χ1v) is 9.00. The minimum atomic E-state index is -0.920. The lowest BCUT2D eigenvalue weighted by Crippen LogP contribution is -2.43. The molecule has 2 aromatic rings. The van der Waals surface area contributed by atoms with Crippen LogP contribution in [0.2, 0.25) is 0 Å². The molecule has 7 heteroatoms. The van der Waals surface area contributed by atoms with Crippen molar-refractivity contribution in [2.45, 2.75) is 39.2 Å². The predicted molar refractivity (Wildman–Crippen MR) is 94.1 cm³/mol. The van der Waals surface area contributed by atoms with Gasteiger partial charge in [0.25, 0.3) is 5.91 Å². The van der Waals surface area contributed by atoms with Gasteiger partial charge in [-0.15, -0.1) is 5.10 Å². The molecule has 1 aromatic carbocycles. The van der Waals surface area contributed by atoms with E-state index in [0.717, 1.165) is 30.5 Å². The third-order valence-corrected chi connectivity index (χ3v) is 5.75. The maximum Gasteiger partial charge on any atom is 0.326 e. The van der Waals surface area contributed by atoms with E-state index in [1.807, 2.05) is 31.2 Å². The van der Waals surface area contributed by atoms with E-state index < -0.39 is 12.0 Å². The molecule has 1 saturated carbocycles. The van der Waals surface area contributed by atoms with Crippen LogP contribution >= 0.6 is 0 Å². The molecule has 1 aliphatic heterocycles. The number of hydrogen-bond donors (Lipinski definition) is 1. The standard InChI is InChI=1S/C19H22N4O3/c1-11-5-3-7-14(9-11)23-12(2)16(20-21-23)18(24)22-10-13-6-4-8-15(13)17(22)19(25)26/h3,5,7,9,13,15,17H,4,6,8,10H2,1-2H3,(H,25,26). The van der Waals surface area contributed by atoms with E-state index in [1.165, 1.54) is 4.90 Å². The van der Waals surface area contributed by atoms with Crippen molar-refractivity contribution in [1.29, 1.82) is 0 Å². The van der Waals surface area contributed by atoms with Crippen LogP contribution in [-0.4, -0.2) is 49.5 Å². The van der Waals surface area contributed by atoms with Crippen LogP contribution in [0.4, 0.5) is 0 Å². The van der Waals surface area contributed by atoms with Crippen LogP contribution in [-0.2, 0) is 4.79 Å². The molecule has 3 atom stereocenters. The minimum Gasteiger partial charge on any atom is -0.480 e. The molecule has 2 aliphatic rings. The van der Waals surface area contributed by atoms with Crippen LogP contribution in [0.5, 0.6) is 0 Å². The third-order valence-electron chi connectivity index (χ3n) is 5.75. The van der Waals surface area contributed by atoms with E-state index in [4.69, 9.17) is 0 Å². The van der Waals surface area contributed by atoms with Gasteiger partial charge in [0, 0.05) is 6.54 Å². The van der Waals surface area contributed by atoms with Crippen molar-refractivity contribution in [3.63, 3.8) is 0 Å². The van der Waals surface area contributed by atoms with Gasteiger partial charge < -0.3 is 10.0 Å². The Morgan fingerprint density at radius 2 is 2.04 bits per heavy atom. The zero-order valence-corrected chi connectivity index (χ0v) is 14.9. The van der Waals surface area contributed by atoms with Gasteiger partial charge in [0.05, 0.1) is 11.4 Å². The minimum absolute atomic E-state index is 0.0589. The number of carbonyl (C=O) groups excluding carboxylic acids is 1. The molecule has 136 valence electrons. The molecule has 7 nitrogen and oxygen atoms in total. The Bertz CT molecular complexity index is 875. The SMILES string of the molecule is Cc1cccc(-n2nnc(C(=O)N3CC4CCCC4C3C(=O)O)c2C)c1. The number of nitrogens with zero attached hydrogens (tertiary/aromatic N) is 4. The van der Waals surface area contributed by atoms with Crippen LogP contribution < -0.4 is 0 Å². The first kappa shape index (κ1) is 16.8. The number of carbonyl (C=O) groups is 2. The van der Waals surface area contributed by atoms with Gasteiger partial charge in [0.15, 0.2) is 5.69 Å². The molecule has 3 unspecified atom stereocenters. The van der Waals surface area contributed by atoms with Gasteiger partial charge in [-0.25, -0.2) is 9.48 Å². The van der Waals surface area contributed by atoms with Crippen LogP contribution in [0.1, 0.15) is 41.0 Å². The quantitative estimate of drug-likeness (QED) is 0.913. The van der Waals surface area contributed by atoms with Crippen molar-refractivity contribution >= 4 is 11.9 Å². The molecular formula is C19H22N4O3.